The lowest BCUT2D eigenvalue weighted by molar-refractivity contribution is 0.365. The number of fused-ring (bicyclic) bond motifs is 1. The highest BCUT2D eigenvalue weighted by Crippen LogP contribution is 2.21. The molecular weight excluding hydrogens is 338 g/mol. The van der Waals surface area contributed by atoms with Crippen LogP contribution in [0.5, 0.6) is 0 Å². The zero-order valence-electron chi connectivity index (χ0n) is 13.3. The summed E-state index contributed by atoms with van der Waals surface area (Å²) in [4.78, 5) is 16.8. The van der Waals surface area contributed by atoms with Crippen LogP contribution in [0.1, 0.15) is 26.3 Å². The predicted octanol–water partition coefficient (Wildman–Crippen LogP) is 3.33. The van der Waals surface area contributed by atoms with Gasteiger partial charge in [-0.05, 0) is 32.9 Å². The molecule has 0 atom stereocenters. The Bertz CT molecular complexity index is 965. The van der Waals surface area contributed by atoms with Gasteiger partial charge in [0.25, 0.3) is 5.56 Å². The molecule has 0 amide bonds. The first-order chi connectivity index (χ1) is 11.2. The molecule has 0 aliphatic heterocycles. The van der Waals surface area contributed by atoms with Gasteiger partial charge in [-0.1, -0.05) is 11.6 Å². The van der Waals surface area contributed by atoms with Crippen molar-refractivity contribution in [3.8, 4) is 0 Å². The van der Waals surface area contributed by atoms with E-state index in [1.54, 1.807) is 4.68 Å². The minimum Gasteiger partial charge on any atom is -0.294 e. The molecule has 3 aromatic rings. The molecule has 2 heterocycles. The summed E-state index contributed by atoms with van der Waals surface area (Å²) in [7, 11) is 0. The summed E-state index contributed by atoms with van der Waals surface area (Å²) in [5.74, 6) is -1.62. The quantitative estimate of drug-likeness (QED) is 0.711. The highest BCUT2D eigenvalue weighted by molar-refractivity contribution is 6.30. The number of halogens is 3. The van der Waals surface area contributed by atoms with Crippen molar-refractivity contribution in [2.24, 2.45) is 0 Å². The number of hydrogen-bond acceptors (Lipinski definition) is 3. The SMILES string of the molecule is CC(C)(C)n1ncc2c(=O)n(Cc3c(F)cc(Cl)cc3F)cnc21. The summed E-state index contributed by atoms with van der Waals surface area (Å²) in [5, 5.41) is 4.45. The minimum atomic E-state index is -0.808. The molecule has 0 bridgehead atoms. The molecule has 0 N–H and O–H groups in total. The standard InChI is InChI=1S/C16H15ClF2N4O/c1-16(2,3)23-14-10(6-21-23)15(24)22(8-20-14)7-11-12(18)4-9(17)5-13(11)19/h4-6,8H,7H2,1-3H3. The van der Waals surface area contributed by atoms with Crippen molar-refractivity contribution in [3.05, 3.63) is 57.2 Å². The normalized spacial score (nSPS) is 12.1. The van der Waals surface area contributed by atoms with E-state index < -0.39 is 17.2 Å². The van der Waals surface area contributed by atoms with E-state index in [9.17, 15) is 13.6 Å². The van der Waals surface area contributed by atoms with E-state index >= 15 is 0 Å². The summed E-state index contributed by atoms with van der Waals surface area (Å²) in [6.07, 6.45) is 2.68. The van der Waals surface area contributed by atoms with Crippen LogP contribution >= 0.6 is 11.6 Å². The highest BCUT2D eigenvalue weighted by atomic mass is 35.5. The van der Waals surface area contributed by atoms with Crippen LogP contribution in [0.15, 0.2) is 29.5 Å². The average molecular weight is 353 g/mol. The summed E-state index contributed by atoms with van der Waals surface area (Å²) < 4.78 is 30.6. The van der Waals surface area contributed by atoms with E-state index in [1.807, 2.05) is 20.8 Å². The van der Waals surface area contributed by atoms with Crippen molar-refractivity contribution in [3.63, 3.8) is 0 Å². The number of rotatable bonds is 2. The maximum absolute atomic E-state index is 13.9. The molecule has 0 radical (unpaired) electrons. The monoisotopic (exact) mass is 352 g/mol. The van der Waals surface area contributed by atoms with E-state index in [1.165, 1.54) is 12.5 Å². The molecule has 0 saturated carbocycles. The molecule has 5 nitrogen and oxygen atoms in total. The van der Waals surface area contributed by atoms with Crippen molar-refractivity contribution in [1.82, 2.24) is 19.3 Å². The van der Waals surface area contributed by atoms with Crippen LogP contribution in [0.4, 0.5) is 8.78 Å². The second kappa shape index (κ2) is 5.66. The molecule has 0 spiro atoms. The maximum Gasteiger partial charge on any atom is 0.264 e. The average Bonchev–Trinajstić information content (AvgIpc) is 2.89. The lowest BCUT2D eigenvalue weighted by Crippen LogP contribution is -2.26. The van der Waals surface area contributed by atoms with Crippen LogP contribution in [-0.4, -0.2) is 19.3 Å². The Balaban J connectivity index is 2.10. The summed E-state index contributed by atoms with van der Waals surface area (Å²) in [6, 6.07) is 2.02. The van der Waals surface area contributed by atoms with Gasteiger partial charge in [0.05, 0.1) is 18.3 Å². The van der Waals surface area contributed by atoms with Crippen LogP contribution in [-0.2, 0) is 12.1 Å². The van der Waals surface area contributed by atoms with Crippen LogP contribution in [0.3, 0.4) is 0 Å². The first-order valence-electron chi connectivity index (χ1n) is 7.25. The Hall–Kier alpha value is -2.28. The first-order valence-corrected chi connectivity index (χ1v) is 7.63. The van der Waals surface area contributed by atoms with Crippen LogP contribution < -0.4 is 5.56 Å². The molecule has 0 unspecified atom stereocenters. The van der Waals surface area contributed by atoms with E-state index in [0.29, 0.717) is 11.0 Å². The molecule has 0 fully saturated rings. The smallest absolute Gasteiger partial charge is 0.264 e. The molecular formula is C16H15ClF2N4O. The van der Waals surface area contributed by atoms with Crippen molar-refractivity contribution in [1.29, 1.82) is 0 Å². The van der Waals surface area contributed by atoms with Gasteiger partial charge in [-0.3, -0.25) is 9.36 Å². The second-order valence-corrected chi connectivity index (χ2v) is 6.93. The number of aromatic nitrogens is 4. The Labute approximate surface area is 141 Å². The third-order valence-corrected chi connectivity index (χ3v) is 3.84. The lowest BCUT2D eigenvalue weighted by atomic mass is 10.1. The fourth-order valence-corrected chi connectivity index (χ4v) is 2.64. The van der Waals surface area contributed by atoms with E-state index in [2.05, 4.69) is 10.1 Å². The molecule has 0 aliphatic carbocycles. The van der Waals surface area contributed by atoms with Gasteiger partial charge in [-0.2, -0.15) is 5.10 Å². The van der Waals surface area contributed by atoms with E-state index in [0.717, 1.165) is 16.7 Å². The molecule has 0 saturated heterocycles. The Morgan fingerprint density at radius 1 is 1.21 bits per heavy atom. The Morgan fingerprint density at radius 3 is 2.42 bits per heavy atom. The Kier molecular flexibility index (Phi) is 3.91. The van der Waals surface area contributed by atoms with Crippen LogP contribution in [0.2, 0.25) is 5.02 Å². The largest absolute Gasteiger partial charge is 0.294 e. The van der Waals surface area contributed by atoms with Gasteiger partial charge >= 0.3 is 0 Å². The van der Waals surface area contributed by atoms with Gasteiger partial charge in [-0.25, -0.2) is 18.4 Å². The van der Waals surface area contributed by atoms with Crippen molar-refractivity contribution >= 4 is 22.6 Å². The zero-order valence-corrected chi connectivity index (χ0v) is 14.1. The van der Waals surface area contributed by atoms with Crippen molar-refractivity contribution in [2.75, 3.05) is 0 Å². The van der Waals surface area contributed by atoms with Crippen molar-refractivity contribution in [2.45, 2.75) is 32.9 Å². The van der Waals surface area contributed by atoms with Gasteiger partial charge in [-0.15, -0.1) is 0 Å². The van der Waals surface area contributed by atoms with Crippen LogP contribution in [0, 0.1) is 11.6 Å². The van der Waals surface area contributed by atoms with Gasteiger partial charge in [0.2, 0.25) is 0 Å². The number of benzene rings is 1. The van der Waals surface area contributed by atoms with E-state index in [-0.39, 0.29) is 22.7 Å². The summed E-state index contributed by atoms with van der Waals surface area (Å²) in [6.45, 7) is 5.53. The van der Waals surface area contributed by atoms with Gasteiger partial charge in [0.15, 0.2) is 5.65 Å². The van der Waals surface area contributed by atoms with Crippen LogP contribution in [0.25, 0.3) is 11.0 Å². The molecule has 1 aromatic carbocycles. The fraction of sp³-hybridized carbons (Fsp3) is 0.312. The summed E-state index contributed by atoms with van der Waals surface area (Å²) in [5.41, 5.74) is -0.571. The van der Waals surface area contributed by atoms with E-state index in [4.69, 9.17) is 11.6 Å². The fourth-order valence-electron chi connectivity index (χ4n) is 2.45. The van der Waals surface area contributed by atoms with Gasteiger partial charge in [0.1, 0.15) is 23.3 Å². The highest BCUT2D eigenvalue weighted by Gasteiger charge is 2.20. The molecule has 3 rings (SSSR count). The molecule has 2 aromatic heterocycles. The number of hydrogen-bond donors (Lipinski definition) is 0. The van der Waals surface area contributed by atoms with Gasteiger partial charge in [0, 0.05) is 10.6 Å². The Morgan fingerprint density at radius 2 is 1.83 bits per heavy atom. The lowest BCUT2D eigenvalue weighted by Gasteiger charge is -2.19. The zero-order chi connectivity index (χ0) is 17.6. The molecule has 0 aliphatic rings. The molecule has 24 heavy (non-hydrogen) atoms. The van der Waals surface area contributed by atoms with Crippen molar-refractivity contribution < 1.29 is 8.78 Å². The predicted molar refractivity (Wildman–Crippen MR) is 87.3 cm³/mol. The molecule has 126 valence electrons. The summed E-state index contributed by atoms with van der Waals surface area (Å²) >= 11 is 5.61. The third-order valence-electron chi connectivity index (χ3n) is 3.62. The molecule has 8 heteroatoms. The topological polar surface area (TPSA) is 52.7 Å². The maximum atomic E-state index is 13.9. The second-order valence-electron chi connectivity index (χ2n) is 6.49. The number of nitrogens with zero attached hydrogens (tertiary/aromatic N) is 4. The van der Waals surface area contributed by atoms with Gasteiger partial charge < -0.3 is 0 Å². The third kappa shape index (κ3) is 2.80. The first kappa shape index (κ1) is 16.6. The minimum absolute atomic E-state index is 0.0406.